The summed E-state index contributed by atoms with van der Waals surface area (Å²) in [6.07, 6.45) is 0. The van der Waals surface area contributed by atoms with Crippen LogP contribution in [0.25, 0.3) is 0 Å². The van der Waals surface area contributed by atoms with E-state index in [9.17, 15) is 4.39 Å². The summed E-state index contributed by atoms with van der Waals surface area (Å²) in [7, 11) is 0. The lowest BCUT2D eigenvalue weighted by molar-refractivity contribution is 0.122. The summed E-state index contributed by atoms with van der Waals surface area (Å²) in [5, 5.41) is 0. The number of benzene rings is 1. The van der Waals surface area contributed by atoms with E-state index in [1.54, 1.807) is 6.07 Å². The van der Waals surface area contributed by atoms with Crippen molar-refractivity contribution in [3.63, 3.8) is 0 Å². The molecule has 0 atom stereocenters. The minimum absolute atomic E-state index is 0.249. The number of nitrogen functional groups attached to an aromatic ring is 1. The largest absolute Gasteiger partial charge is 0.397 e. The van der Waals surface area contributed by atoms with Crippen LogP contribution in [0.15, 0.2) is 18.2 Å². The molecule has 2 rings (SSSR count). The summed E-state index contributed by atoms with van der Waals surface area (Å²) in [6.45, 7) is 2.90. The molecular formula is C10H13FN2O. The maximum Gasteiger partial charge on any atom is 0.125 e. The maximum atomic E-state index is 13.0. The molecule has 0 aromatic heterocycles. The number of hydrogen-bond donors (Lipinski definition) is 1. The first-order chi connectivity index (χ1) is 6.77. The van der Waals surface area contributed by atoms with E-state index in [-0.39, 0.29) is 5.82 Å². The van der Waals surface area contributed by atoms with Crippen molar-refractivity contribution in [2.24, 2.45) is 0 Å². The molecule has 1 aliphatic heterocycles. The average molecular weight is 196 g/mol. The Labute approximate surface area is 82.3 Å². The van der Waals surface area contributed by atoms with Crippen LogP contribution >= 0.6 is 0 Å². The van der Waals surface area contributed by atoms with Gasteiger partial charge in [0.15, 0.2) is 0 Å². The van der Waals surface area contributed by atoms with Crippen molar-refractivity contribution in [1.29, 1.82) is 0 Å². The van der Waals surface area contributed by atoms with Gasteiger partial charge in [-0.1, -0.05) is 0 Å². The van der Waals surface area contributed by atoms with Gasteiger partial charge >= 0.3 is 0 Å². The van der Waals surface area contributed by atoms with Crippen LogP contribution < -0.4 is 10.6 Å². The molecule has 76 valence electrons. The summed E-state index contributed by atoms with van der Waals surface area (Å²) >= 11 is 0. The Balaban J connectivity index is 2.24. The van der Waals surface area contributed by atoms with Gasteiger partial charge in [-0.3, -0.25) is 0 Å². The Morgan fingerprint density at radius 1 is 1.29 bits per heavy atom. The van der Waals surface area contributed by atoms with Crippen LogP contribution in [0.5, 0.6) is 0 Å². The lowest BCUT2D eigenvalue weighted by atomic mass is 10.2. The lowest BCUT2D eigenvalue weighted by Gasteiger charge is -2.29. The van der Waals surface area contributed by atoms with E-state index in [0.29, 0.717) is 18.9 Å². The van der Waals surface area contributed by atoms with Gasteiger partial charge in [-0.05, 0) is 18.2 Å². The van der Waals surface area contributed by atoms with E-state index in [2.05, 4.69) is 0 Å². The van der Waals surface area contributed by atoms with Crippen molar-refractivity contribution < 1.29 is 9.13 Å². The first-order valence-corrected chi connectivity index (χ1v) is 4.65. The Morgan fingerprint density at radius 2 is 2.00 bits per heavy atom. The fraction of sp³-hybridized carbons (Fsp3) is 0.400. The molecule has 1 saturated heterocycles. The summed E-state index contributed by atoms with van der Waals surface area (Å²) in [4.78, 5) is 2.04. The van der Waals surface area contributed by atoms with Gasteiger partial charge in [0.1, 0.15) is 5.82 Å². The third-order valence-electron chi connectivity index (χ3n) is 2.34. The molecule has 0 amide bonds. The van der Waals surface area contributed by atoms with E-state index < -0.39 is 0 Å². The molecule has 3 nitrogen and oxygen atoms in total. The van der Waals surface area contributed by atoms with Gasteiger partial charge < -0.3 is 15.4 Å². The van der Waals surface area contributed by atoms with Gasteiger partial charge in [0.25, 0.3) is 0 Å². The van der Waals surface area contributed by atoms with Gasteiger partial charge in [-0.15, -0.1) is 0 Å². The highest BCUT2D eigenvalue weighted by Crippen LogP contribution is 2.24. The Bertz CT molecular complexity index is 324. The fourth-order valence-corrected chi connectivity index (χ4v) is 1.59. The Morgan fingerprint density at radius 3 is 2.71 bits per heavy atom. The number of ether oxygens (including phenoxy) is 1. The normalized spacial score (nSPS) is 17.1. The van der Waals surface area contributed by atoms with Crippen molar-refractivity contribution in [3.05, 3.63) is 24.0 Å². The van der Waals surface area contributed by atoms with Crippen LogP contribution in [0.1, 0.15) is 0 Å². The molecule has 0 saturated carbocycles. The van der Waals surface area contributed by atoms with Gasteiger partial charge in [-0.2, -0.15) is 0 Å². The zero-order valence-corrected chi connectivity index (χ0v) is 7.87. The predicted molar refractivity (Wildman–Crippen MR) is 53.8 cm³/mol. The highest BCUT2D eigenvalue weighted by molar-refractivity contribution is 5.67. The number of hydrogen-bond acceptors (Lipinski definition) is 3. The number of anilines is 2. The first kappa shape index (κ1) is 9.27. The van der Waals surface area contributed by atoms with Crippen molar-refractivity contribution in [2.45, 2.75) is 0 Å². The zero-order valence-electron chi connectivity index (χ0n) is 7.87. The van der Waals surface area contributed by atoms with Crippen LogP contribution in [0.4, 0.5) is 15.8 Å². The van der Waals surface area contributed by atoms with E-state index >= 15 is 0 Å². The van der Waals surface area contributed by atoms with E-state index in [0.717, 1.165) is 18.8 Å². The molecular weight excluding hydrogens is 183 g/mol. The highest BCUT2D eigenvalue weighted by atomic mass is 19.1. The molecule has 1 aromatic rings. The van der Waals surface area contributed by atoms with Crippen LogP contribution in [-0.2, 0) is 4.74 Å². The van der Waals surface area contributed by atoms with Crippen LogP contribution in [0.2, 0.25) is 0 Å². The summed E-state index contributed by atoms with van der Waals surface area (Å²) < 4.78 is 18.2. The van der Waals surface area contributed by atoms with Crippen LogP contribution in [0.3, 0.4) is 0 Å². The zero-order chi connectivity index (χ0) is 9.97. The molecule has 1 fully saturated rings. The first-order valence-electron chi connectivity index (χ1n) is 4.65. The molecule has 0 unspecified atom stereocenters. The second-order valence-electron chi connectivity index (χ2n) is 3.30. The minimum atomic E-state index is -0.249. The smallest absolute Gasteiger partial charge is 0.125 e. The predicted octanol–water partition coefficient (Wildman–Crippen LogP) is 1.24. The number of rotatable bonds is 1. The molecule has 0 aliphatic carbocycles. The van der Waals surface area contributed by atoms with Crippen molar-refractivity contribution in [3.8, 4) is 0 Å². The SMILES string of the molecule is Nc1ccc(F)cc1N1CCOCC1. The minimum Gasteiger partial charge on any atom is -0.397 e. The molecule has 0 spiro atoms. The molecule has 0 radical (unpaired) electrons. The fourth-order valence-electron chi connectivity index (χ4n) is 1.59. The molecule has 4 heteroatoms. The third-order valence-corrected chi connectivity index (χ3v) is 2.34. The number of morpholine rings is 1. The van der Waals surface area contributed by atoms with E-state index in [4.69, 9.17) is 10.5 Å². The molecule has 0 bridgehead atoms. The second kappa shape index (κ2) is 3.84. The highest BCUT2D eigenvalue weighted by Gasteiger charge is 2.13. The van der Waals surface area contributed by atoms with Crippen molar-refractivity contribution in [2.75, 3.05) is 36.9 Å². The Kier molecular flexibility index (Phi) is 2.54. The number of halogens is 1. The van der Waals surface area contributed by atoms with Gasteiger partial charge in [0.2, 0.25) is 0 Å². The maximum absolute atomic E-state index is 13.0. The molecule has 14 heavy (non-hydrogen) atoms. The molecule has 1 aliphatic rings. The topological polar surface area (TPSA) is 38.5 Å². The molecule has 1 heterocycles. The second-order valence-corrected chi connectivity index (χ2v) is 3.30. The van der Waals surface area contributed by atoms with Crippen LogP contribution in [-0.4, -0.2) is 26.3 Å². The van der Waals surface area contributed by atoms with Gasteiger partial charge in [0.05, 0.1) is 24.6 Å². The molecule has 1 aromatic carbocycles. The number of nitrogens with two attached hydrogens (primary N) is 1. The van der Waals surface area contributed by atoms with Gasteiger partial charge in [-0.25, -0.2) is 4.39 Å². The third kappa shape index (κ3) is 1.80. The summed E-state index contributed by atoms with van der Waals surface area (Å²) in [5.74, 6) is -0.249. The monoisotopic (exact) mass is 196 g/mol. The van der Waals surface area contributed by atoms with Crippen molar-refractivity contribution in [1.82, 2.24) is 0 Å². The van der Waals surface area contributed by atoms with Crippen LogP contribution in [0, 0.1) is 5.82 Å². The lowest BCUT2D eigenvalue weighted by Crippen LogP contribution is -2.36. The molecule has 2 N–H and O–H groups in total. The van der Waals surface area contributed by atoms with Crippen molar-refractivity contribution >= 4 is 11.4 Å². The van der Waals surface area contributed by atoms with E-state index in [1.165, 1.54) is 12.1 Å². The average Bonchev–Trinajstić information content (AvgIpc) is 2.23. The Hall–Kier alpha value is -1.29. The summed E-state index contributed by atoms with van der Waals surface area (Å²) in [5.41, 5.74) is 7.16. The quantitative estimate of drug-likeness (QED) is 0.687. The standard InChI is InChI=1S/C10H13FN2O/c11-8-1-2-9(12)10(7-8)13-3-5-14-6-4-13/h1-2,7H,3-6,12H2. The summed E-state index contributed by atoms with van der Waals surface area (Å²) in [6, 6.07) is 4.44. The van der Waals surface area contributed by atoms with E-state index in [1.807, 2.05) is 4.90 Å². The van der Waals surface area contributed by atoms with Gasteiger partial charge in [0, 0.05) is 13.1 Å². The number of nitrogens with zero attached hydrogens (tertiary/aromatic N) is 1.